The summed E-state index contributed by atoms with van der Waals surface area (Å²) in [5.41, 5.74) is 0. The summed E-state index contributed by atoms with van der Waals surface area (Å²) in [5, 5.41) is 3.18. The molecular weight excluding hydrogens is 228 g/mol. The topological polar surface area (TPSA) is 41.6 Å². The monoisotopic (exact) mass is 254 g/mol. The van der Waals surface area contributed by atoms with E-state index in [0.717, 1.165) is 45.4 Å². The van der Waals surface area contributed by atoms with Crippen LogP contribution < -0.4 is 5.32 Å². The van der Waals surface area contributed by atoms with E-state index >= 15 is 0 Å². The van der Waals surface area contributed by atoms with Crippen molar-refractivity contribution in [2.75, 3.05) is 19.7 Å². The Kier molecular flexibility index (Phi) is 5.29. The Labute approximate surface area is 110 Å². The summed E-state index contributed by atoms with van der Waals surface area (Å²) in [4.78, 5) is 14.1. The Balaban J connectivity index is 1.76. The molecule has 4 nitrogen and oxygen atoms in total. The number of rotatable bonds is 4. The summed E-state index contributed by atoms with van der Waals surface area (Å²) in [6.45, 7) is 4.40. The second-order valence-corrected chi connectivity index (χ2v) is 5.46. The van der Waals surface area contributed by atoms with Gasteiger partial charge in [0.15, 0.2) is 0 Å². The van der Waals surface area contributed by atoms with Crippen LogP contribution in [0.25, 0.3) is 0 Å². The van der Waals surface area contributed by atoms with Gasteiger partial charge < -0.3 is 15.0 Å². The van der Waals surface area contributed by atoms with Crippen LogP contribution in [0, 0.1) is 0 Å². The number of nitrogens with one attached hydrogen (secondary N) is 1. The van der Waals surface area contributed by atoms with E-state index in [2.05, 4.69) is 5.32 Å². The van der Waals surface area contributed by atoms with E-state index in [-0.39, 0.29) is 12.1 Å². The molecule has 0 radical (unpaired) electrons. The van der Waals surface area contributed by atoms with E-state index in [1.807, 2.05) is 11.8 Å². The minimum Gasteiger partial charge on any atom is -0.376 e. The molecule has 1 unspecified atom stereocenters. The average Bonchev–Trinajstić information content (AvgIpc) is 2.90. The van der Waals surface area contributed by atoms with Crippen LogP contribution in [0.15, 0.2) is 0 Å². The van der Waals surface area contributed by atoms with Gasteiger partial charge in [0.25, 0.3) is 0 Å². The summed E-state index contributed by atoms with van der Waals surface area (Å²) in [5.74, 6) is 0. The number of hydrogen-bond acceptors (Lipinski definition) is 2. The van der Waals surface area contributed by atoms with Crippen LogP contribution in [-0.4, -0.2) is 42.8 Å². The molecule has 1 aliphatic heterocycles. The summed E-state index contributed by atoms with van der Waals surface area (Å²) in [6, 6.07) is 0.490. The Hall–Kier alpha value is -0.770. The largest absolute Gasteiger partial charge is 0.376 e. The zero-order valence-electron chi connectivity index (χ0n) is 11.5. The molecule has 0 aromatic rings. The van der Waals surface area contributed by atoms with Crippen molar-refractivity contribution >= 4 is 6.03 Å². The molecular formula is C14H26N2O2. The highest BCUT2D eigenvalue weighted by molar-refractivity contribution is 5.74. The number of hydrogen-bond donors (Lipinski definition) is 1. The van der Waals surface area contributed by atoms with Crippen LogP contribution in [0.3, 0.4) is 0 Å². The molecule has 1 saturated heterocycles. The fourth-order valence-corrected chi connectivity index (χ4v) is 2.90. The Morgan fingerprint density at radius 2 is 2.00 bits per heavy atom. The van der Waals surface area contributed by atoms with Crippen molar-refractivity contribution in [2.24, 2.45) is 0 Å². The first-order valence-electron chi connectivity index (χ1n) is 7.46. The van der Waals surface area contributed by atoms with Gasteiger partial charge in [0.05, 0.1) is 6.10 Å². The number of ether oxygens (including phenoxy) is 1. The zero-order chi connectivity index (χ0) is 12.8. The van der Waals surface area contributed by atoms with Gasteiger partial charge in [0.2, 0.25) is 0 Å². The molecule has 1 heterocycles. The number of likely N-dealkylation sites (N-methyl/N-ethyl adjacent to an activating group) is 1. The Morgan fingerprint density at radius 3 is 2.61 bits per heavy atom. The summed E-state index contributed by atoms with van der Waals surface area (Å²) < 4.78 is 5.60. The van der Waals surface area contributed by atoms with Gasteiger partial charge in [-0.25, -0.2) is 4.79 Å². The highest BCUT2D eigenvalue weighted by atomic mass is 16.5. The maximum atomic E-state index is 12.2. The van der Waals surface area contributed by atoms with E-state index in [1.165, 1.54) is 19.3 Å². The van der Waals surface area contributed by atoms with E-state index < -0.39 is 0 Å². The second kappa shape index (κ2) is 6.98. The van der Waals surface area contributed by atoms with E-state index in [4.69, 9.17) is 4.74 Å². The molecule has 4 heteroatoms. The standard InChI is InChI=1S/C14H26N2O2/c1-2-16(11-13-9-6-10-18-13)14(17)15-12-7-4-3-5-8-12/h12-13H,2-11H2,1H3,(H,15,17). The molecule has 2 aliphatic rings. The lowest BCUT2D eigenvalue weighted by molar-refractivity contribution is 0.0818. The van der Waals surface area contributed by atoms with E-state index in [0.29, 0.717) is 6.04 Å². The van der Waals surface area contributed by atoms with Crippen molar-refractivity contribution in [1.82, 2.24) is 10.2 Å². The molecule has 0 spiro atoms. The lowest BCUT2D eigenvalue weighted by Gasteiger charge is -2.29. The van der Waals surface area contributed by atoms with Gasteiger partial charge in [-0.1, -0.05) is 19.3 Å². The normalized spacial score (nSPS) is 25.1. The Bertz CT molecular complexity index is 259. The number of urea groups is 1. The molecule has 2 amide bonds. The lowest BCUT2D eigenvalue weighted by atomic mass is 9.96. The van der Waals surface area contributed by atoms with E-state index in [1.54, 1.807) is 0 Å². The minimum atomic E-state index is 0.0971. The molecule has 104 valence electrons. The zero-order valence-corrected chi connectivity index (χ0v) is 11.5. The van der Waals surface area contributed by atoms with Crippen molar-refractivity contribution in [3.8, 4) is 0 Å². The van der Waals surface area contributed by atoms with Crippen LogP contribution >= 0.6 is 0 Å². The summed E-state index contributed by atoms with van der Waals surface area (Å²) in [6.07, 6.45) is 8.58. The van der Waals surface area contributed by atoms with Crippen molar-refractivity contribution in [1.29, 1.82) is 0 Å². The van der Waals surface area contributed by atoms with Gasteiger partial charge in [-0.15, -0.1) is 0 Å². The third kappa shape index (κ3) is 3.87. The molecule has 1 atom stereocenters. The third-order valence-corrected chi connectivity index (χ3v) is 4.05. The average molecular weight is 254 g/mol. The van der Waals surface area contributed by atoms with Crippen molar-refractivity contribution < 1.29 is 9.53 Å². The van der Waals surface area contributed by atoms with Gasteiger partial charge in [-0.3, -0.25) is 0 Å². The van der Waals surface area contributed by atoms with Gasteiger partial charge in [-0.2, -0.15) is 0 Å². The molecule has 1 saturated carbocycles. The summed E-state index contributed by atoms with van der Waals surface area (Å²) in [7, 11) is 0. The molecule has 0 bridgehead atoms. The van der Waals surface area contributed by atoms with Crippen LogP contribution in [0.2, 0.25) is 0 Å². The molecule has 0 aromatic heterocycles. The number of nitrogens with zero attached hydrogens (tertiary/aromatic N) is 1. The fourth-order valence-electron chi connectivity index (χ4n) is 2.90. The van der Waals surface area contributed by atoms with Crippen molar-refractivity contribution in [3.63, 3.8) is 0 Å². The third-order valence-electron chi connectivity index (χ3n) is 4.05. The minimum absolute atomic E-state index is 0.0971. The number of amides is 2. The van der Waals surface area contributed by atoms with Crippen LogP contribution in [0.4, 0.5) is 4.79 Å². The highest BCUT2D eigenvalue weighted by Crippen LogP contribution is 2.18. The maximum Gasteiger partial charge on any atom is 0.317 e. The fraction of sp³-hybridized carbons (Fsp3) is 0.929. The van der Waals surface area contributed by atoms with Gasteiger partial charge in [0.1, 0.15) is 0 Å². The second-order valence-electron chi connectivity index (χ2n) is 5.46. The first-order valence-corrected chi connectivity index (χ1v) is 7.46. The quantitative estimate of drug-likeness (QED) is 0.837. The molecule has 18 heavy (non-hydrogen) atoms. The lowest BCUT2D eigenvalue weighted by Crippen LogP contribution is -2.47. The number of carbonyl (C=O) groups excluding carboxylic acids is 1. The first kappa shape index (κ1) is 13.7. The molecule has 2 rings (SSSR count). The number of carbonyl (C=O) groups is 1. The van der Waals surface area contributed by atoms with Crippen LogP contribution in [0.5, 0.6) is 0 Å². The molecule has 0 aromatic carbocycles. The van der Waals surface area contributed by atoms with Gasteiger partial charge in [-0.05, 0) is 32.6 Å². The molecule has 1 aliphatic carbocycles. The highest BCUT2D eigenvalue weighted by Gasteiger charge is 2.23. The van der Waals surface area contributed by atoms with Crippen molar-refractivity contribution in [2.45, 2.75) is 64.0 Å². The summed E-state index contributed by atoms with van der Waals surface area (Å²) >= 11 is 0. The van der Waals surface area contributed by atoms with Crippen LogP contribution in [-0.2, 0) is 4.74 Å². The Morgan fingerprint density at radius 1 is 1.22 bits per heavy atom. The first-order chi connectivity index (χ1) is 8.79. The maximum absolute atomic E-state index is 12.2. The van der Waals surface area contributed by atoms with Crippen molar-refractivity contribution in [3.05, 3.63) is 0 Å². The van der Waals surface area contributed by atoms with Gasteiger partial charge >= 0.3 is 6.03 Å². The molecule has 1 N–H and O–H groups in total. The SMILES string of the molecule is CCN(CC1CCCO1)C(=O)NC1CCCCC1. The smallest absolute Gasteiger partial charge is 0.317 e. The van der Waals surface area contributed by atoms with E-state index in [9.17, 15) is 4.79 Å². The van der Waals surface area contributed by atoms with Crippen LogP contribution in [0.1, 0.15) is 51.9 Å². The molecule has 2 fully saturated rings. The van der Waals surface area contributed by atoms with Gasteiger partial charge in [0, 0.05) is 25.7 Å². The predicted molar refractivity (Wildman–Crippen MR) is 71.6 cm³/mol. The predicted octanol–water partition coefficient (Wildman–Crippen LogP) is 2.53.